The molecule has 1 aromatic heterocycles. The minimum absolute atomic E-state index is 0.00654. The van der Waals surface area contributed by atoms with E-state index in [1.807, 2.05) is 68.4 Å². The summed E-state index contributed by atoms with van der Waals surface area (Å²) in [5.41, 5.74) is 3.97. The molecule has 4 rings (SSSR count). The zero-order valence-electron chi connectivity index (χ0n) is 23.0. The largest absolute Gasteiger partial charge is 0.466 e. The number of esters is 1. The number of hydrogen-bond acceptors (Lipinski definition) is 6. The van der Waals surface area contributed by atoms with Gasteiger partial charge in [-0.15, -0.1) is 0 Å². The van der Waals surface area contributed by atoms with Crippen molar-refractivity contribution in [2.24, 2.45) is 0 Å². The highest BCUT2D eigenvalue weighted by atomic mass is 16.5. The molecule has 4 aromatic rings. The molecular weight excluding hydrogens is 506 g/mol. The standard InChI is InChI=1S/C32H35N3O5/c1-4-39-30(36)17-18-33-31(37)24-13-15-26(16-14-24)35-27(32(38)34-21(2)3)19-22-9-11-23(12-10-22)29-20-25-7-5-6-8-28(25)40-29/h5-16,20-21,27,35H,4,17-19H2,1-3H3,(H,33,37)(H,34,38)/t27-/m1/s1. The summed E-state index contributed by atoms with van der Waals surface area (Å²) in [5.74, 6) is 0.0499. The third kappa shape index (κ3) is 7.72. The van der Waals surface area contributed by atoms with Crippen LogP contribution >= 0.6 is 0 Å². The van der Waals surface area contributed by atoms with Gasteiger partial charge in [0, 0.05) is 41.2 Å². The van der Waals surface area contributed by atoms with Crippen LogP contribution in [0.25, 0.3) is 22.3 Å². The summed E-state index contributed by atoms with van der Waals surface area (Å²) < 4.78 is 10.8. The fourth-order valence-corrected chi connectivity index (χ4v) is 4.29. The maximum absolute atomic E-state index is 13.1. The Morgan fingerprint density at radius 1 is 0.925 bits per heavy atom. The maximum atomic E-state index is 13.1. The number of rotatable bonds is 12. The summed E-state index contributed by atoms with van der Waals surface area (Å²) >= 11 is 0. The van der Waals surface area contributed by atoms with E-state index in [0.29, 0.717) is 24.3 Å². The second-order valence-corrected chi connectivity index (χ2v) is 9.80. The number of ether oxygens (including phenoxy) is 1. The second-order valence-electron chi connectivity index (χ2n) is 9.80. The molecule has 40 heavy (non-hydrogen) atoms. The Kier molecular flexibility index (Phi) is 9.57. The van der Waals surface area contributed by atoms with Gasteiger partial charge in [-0.2, -0.15) is 0 Å². The van der Waals surface area contributed by atoms with Gasteiger partial charge in [0.15, 0.2) is 0 Å². The normalized spacial score (nSPS) is 11.7. The summed E-state index contributed by atoms with van der Waals surface area (Å²) in [7, 11) is 0. The molecule has 8 heteroatoms. The third-order valence-corrected chi connectivity index (χ3v) is 6.26. The Labute approximate surface area is 234 Å². The summed E-state index contributed by atoms with van der Waals surface area (Å²) in [6, 6.07) is 24.3. The van der Waals surface area contributed by atoms with Crippen molar-refractivity contribution in [3.63, 3.8) is 0 Å². The van der Waals surface area contributed by atoms with E-state index >= 15 is 0 Å². The lowest BCUT2D eigenvalue weighted by Gasteiger charge is -2.21. The zero-order valence-corrected chi connectivity index (χ0v) is 23.0. The van der Waals surface area contributed by atoms with Gasteiger partial charge in [-0.1, -0.05) is 42.5 Å². The van der Waals surface area contributed by atoms with Crippen molar-refractivity contribution in [3.05, 3.63) is 90.0 Å². The van der Waals surface area contributed by atoms with E-state index in [1.54, 1.807) is 31.2 Å². The van der Waals surface area contributed by atoms with Crippen molar-refractivity contribution in [2.45, 2.75) is 45.7 Å². The van der Waals surface area contributed by atoms with Gasteiger partial charge in [-0.25, -0.2) is 0 Å². The number of para-hydroxylation sites is 1. The molecule has 0 aliphatic heterocycles. The van der Waals surface area contributed by atoms with Gasteiger partial charge < -0.3 is 25.1 Å². The Hall–Kier alpha value is -4.59. The number of furan rings is 1. The Bertz CT molecular complexity index is 1410. The molecule has 0 aliphatic carbocycles. The van der Waals surface area contributed by atoms with Crippen LogP contribution < -0.4 is 16.0 Å². The fourth-order valence-electron chi connectivity index (χ4n) is 4.29. The SMILES string of the molecule is CCOC(=O)CCNC(=O)c1ccc(N[C@H](Cc2ccc(-c3cc4ccccc4o3)cc2)C(=O)NC(C)C)cc1. The van der Waals surface area contributed by atoms with Crippen LogP contribution in [0.3, 0.4) is 0 Å². The van der Waals surface area contributed by atoms with E-state index in [1.165, 1.54) is 0 Å². The Morgan fingerprint density at radius 2 is 1.65 bits per heavy atom. The minimum Gasteiger partial charge on any atom is -0.466 e. The lowest BCUT2D eigenvalue weighted by molar-refractivity contribution is -0.142. The van der Waals surface area contributed by atoms with Crippen LogP contribution in [-0.2, 0) is 20.7 Å². The first-order chi connectivity index (χ1) is 19.3. The molecule has 208 valence electrons. The van der Waals surface area contributed by atoms with Crippen LogP contribution in [0.1, 0.15) is 43.1 Å². The highest BCUT2D eigenvalue weighted by molar-refractivity contribution is 5.95. The quantitative estimate of drug-likeness (QED) is 0.209. The molecule has 1 heterocycles. The van der Waals surface area contributed by atoms with Gasteiger partial charge in [0.05, 0.1) is 13.0 Å². The van der Waals surface area contributed by atoms with Crippen molar-refractivity contribution in [3.8, 4) is 11.3 Å². The first-order valence-electron chi connectivity index (χ1n) is 13.5. The monoisotopic (exact) mass is 541 g/mol. The number of hydrogen-bond donors (Lipinski definition) is 3. The first-order valence-corrected chi connectivity index (χ1v) is 13.5. The molecule has 0 saturated carbocycles. The van der Waals surface area contributed by atoms with Crippen molar-refractivity contribution < 1.29 is 23.5 Å². The van der Waals surface area contributed by atoms with Crippen molar-refractivity contribution in [1.82, 2.24) is 10.6 Å². The number of amides is 2. The minimum atomic E-state index is -0.524. The number of nitrogens with one attached hydrogen (secondary N) is 3. The van der Waals surface area contributed by atoms with Crippen LogP contribution in [-0.4, -0.2) is 43.0 Å². The van der Waals surface area contributed by atoms with E-state index in [-0.39, 0.29) is 36.8 Å². The van der Waals surface area contributed by atoms with Crippen molar-refractivity contribution in [2.75, 3.05) is 18.5 Å². The second kappa shape index (κ2) is 13.5. The Balaban J connectivity index is 1.41. The molecule has 0 bridgehead atoms. The molecule has 8 nitrogen and oxygen atoms in total. The number of carbonyl (C=O) groups is 3. The predicted octanol–water partition coefficient (Wildman–Crippen LogP) is 5.33. The molecule has 0 aliphatic rings. The van der Waals surface area contributed by atoms with Gasteiger partial charge in [-0.3, -0.25) is 14.4 Å². The van der Waals surface area contributed by atoms with E-state index in [0.717, 1.165) is 27.9 Å². The van der Waals surface area contributed by atoms with Gasteiger partial charge >= 0.3 is 5.97 Å². The summed E-state index contributed by atoms with van der Waals surface area (Å²) in [4.78, 5) is 36.9. The highest BCUT2D eigenvalue weighted by Gasteiger charge is 2.20. The molecule has 0 saturated heterocycles. The molecule has 0 spiro atoms. The van der Waals surface area contributed by atoms with E-state index in [4.69, 9.17) is 9.15 Å². The number of carbonyl (C=O) groups excluding carboxylic acids is 3. The smallest absolute Gasteiger partial charge is 0.307 e. The predicted molar refractivity (Wildman–Crippen MR) is 156 cm³/mol. The molecule has 0 fully saturated rings. The molecular formula is C32H35N3O5. The van der Waals surface area contributed by atoms with Crippen molar-refractivity contribution >= 4 is 34.4 Å². The number of anilines is 1. The van der Waals surface area contributed by atoms with Gasteiger partial charge in [0.1, 0.15) is 17.4 Å². The van der Waals surface area contributed by atoms with Gasteiger partial charge in [0.2, 0.25) is 5.91 Å². The van der Waals surface area contributed by atoms with Crippen LogP contribution in [0.5, 0.6) is 0 Å². The van der Waals surface area contributed by atoms with E-state index in [9.17, 15) is 14.4 Å². The number of benzene rings is 3. The topological polar surface area (TPSA) is 110 Å². The number of fused-ring (bicyclic) bond motifs is 1. The zero-order chi connectivity index (χ0) is 28.5. The lowest BCUT2D eigenvalue weighted by atomic mass is 10.0. The molecule has 1 atom stereocenters. The lowest BCUT2D eigenvalue weighted by Crippen LogP contribution is -2.43. The van der Waals surface area contributed by atoms with Gasteiger partial charge in [-0.05, 0) is 62.7 Å². The summed E-state index contributed by atoms with van der Waals surface area (Å²) in [5, 5.41) is 10.1. The average Bonchev–Trinajstić information content (AvgIpc) is 3.38. The molecule has 3 N–H and O–H groups in total. The third-order valence-electron chi connectivity index (χ3n) is 6.26. The van der Waals surface area contributed by atoms with E-state index in [2.05, 4.69) is 16.0 Å². The Morgan fingerprint density at radius 3 is 2.33 bits per heavy atom. The summed E-state index contributed by atoms with van der Waals surface area (Å²) in [6.45, 7) is 6.09. The highest BCUT2D eigenvalue weighted by Crippen LogP contribution is 2.28. The molecule has 2 amide bonds. The molecule has 3 aromatic carbocycles. The van der Waals surface area contributed by atoms with E-state index < -0.39 is 6.04 Å². The van der Waals surface area contributed by atoms with Crippen LogP contribution in [0.2, 0.25) is 0 Å². The van der Waals surface area contributed by atoms with Crippen LogP contribution in [0.4, 0.5) is 5.69 Å². The first kappa shape index (κ1) is 28.4. The van der Waals surface area contributed by atoms with Crippen LogP contribution in [0, 0.1) is 0 Å². The van der Waals surface area contributed by atoms with Crippen molar-refractivity contribution in [1.29, 1.82) is 0 Å². The van der Waals surface area contributed by atoms with Crippen LogP contribution in [0.15, 0.2) is 83.3 Å². The van der Waals surface area contributed by atoms with Gasteiger partial charge in [0.25, 0.3) is 5.91 Å². The fraction of sp³-hybridized carbons (Fsp3) is 0.281. The molecule has 0 radical (unpaired) electrons. The maximum Gasteiger partial charge on any atom is 0.307 e. The average molecular weight is 542 g/mol. The summed E-state index contributed by atoms with van der Waals surface area (Å²) in [6.07, 6.45) is 0.584. The molecule has 0 unspecified atom stereocenters.